The average molecular weight is 199 g/mol. The number of amides is 1. The molecule has 4 heteroatoms. The maximum absolute atomic E-state index is 11.9. The van der Waals surface area contributed by atoms with E-state index >= 15 is 0 Å². The number of carbonyl (C=O) groups is 1. The summed E-state index contributed by atoms with van der Waals surface area (Å²) >= 11 is 0. The summed E-state index contributed by atoms with van der Waals surface area (Å²) in [5.74, 6) is 0.204. The Bertz CT molecular complexity index is 207. The molecule has 2 atom stereocenters. The molecule has 2 saturated heterocycles. The zero-order valence-corrected chi connectivity index (χ0v) is 8.32. The van der Waals surface area contributed by atoms with E-state index in [1.165, 1.54) is 0 Å². The fourth-order valence-corrected chi connectivity index (χ4v) is 2.14. The van der Waals surface area contributed by atoms with Crippen LogP contribution in [-0.4, -0.2) is 48.3 Å². The number of rotatable bonds is 1. The molecule has 2 aliphatic heterocycles. The molecule has 0 aromatic heterocycles. The highest BCUT2D eigenvalue weighted by molar-refractivity contribution is 5.79. The fraction of sp³-hybridized carbons (Fsp3) is 0.900. The molecule has 1 N–H and O–H groups in total. The number of aliphatic hydroxyl groups is 1. The molecular weight excluding hydrogens is 182 g/mol. The van der Waals surface area contributed by atoms with Crippen molar-refractivity contribution in [1.29, 1.82) is 0 Å². The van der Waals surface area contributed by atoms with Gasteiger partial charge >= 0.3 is 0 Å². The van der Waals surface area contributed by atoms with Crippen LogP contribution in [0.25, 0.3) is 0 Å². The van der Waals surface area contributed by atoms with Gasteiger partial charge in [-0.3, -0.25) is 4.79 Å². The lowest BCUT2D eigenvalue weighted by atomic mass is 10.0. The van der Waals surface area contributed by atoms with Crippen molar-refractivity contribution in [2.45, 2.75) is 25.4 Å². The Morgan fingerprint density at radius 1 is 1.43 bits per heavy atom. The van der Waals surface area contributed by atoms with Crippen LogP contribution in [0.1, 0.15) is 19.3 Å². The van der Waals surface area contributed by atoms with Crippen LogP contribution >= 0.6 is 0 Å². The van der Waals surface area contributed by atoms with Crippen molar-refractivity contribution in [3.05, 3.63) is 0 Å². The number of likely N-dealkylation sites (tertiary alicyclic amines) is 1. The average Bonchev–Trinajstić information content (AvgIpc) is 2.65. The van der Waals surface area contributed by atoms with Crippen LogP contribution in [0.5, 0.6) is 0 Å². The van der Waals surface area contributed by atoms with Crippen molar-refractivity contribution in [3.63, 3.8) is 0 Å². The van der Waals surface area contributed by atoms with Crippen LogP contribution < -0.4 is 0 Å². The van der Waals surface area contributed by atoms with E-state index in [4.69, 9.17) is 4.74 Å². The Hall–Kier alpha value is -0.610. The Labute approximate surface area is 83.8 Å². The monoisotopic (exact) mass is 199 g/mol. The minimum Gasteiger partial charge on any atom is -0.391 e. The van der Waals surface area contributed by atoms with Gasteiger partial charge in [-0.05, 0) is 19.3 Å². The number of carbonyl (C=O) groups excluding carboxylic acids is 1. The van der Waals surface area contributed by atoms with E-state index in [2.05, 4.69) is 0 Å². The molecule has 0 saturated carbocycles. The van der Waals surface area contributed by atoms with Gasteiger partial charge in [0.15, 0.2) is 0 Å². The van der Waals surface area contributed by atoms with Gasteiger partial charge in [0.1, 0.15) is 0 Å². The molecule has 14 heavy (non-hydrogen) atoms. The van der Waals surface area contributed by atoms with Crippen molar-refractivity contribution in [1.82, 2.24) is 4.90 Å². The maximum Gasteiger partial charge on any atom is 0.228 e. The first-order valence-corrected chi connectivity index (χ1v) is 5.32. The molecule has 2 aliphatic rings. The molecule has 0 spiro atoms. The van der Waals surface area contributed by atoms with Crippen LogP contribution in [0.2, 0.25) is 0 Å². The molecule has 2 fully saturated rings. The Kier molecular flexibility index (Phi) is 3.03. The highest BCUT2D eigenvalue weighted by Gasteiger charge is 2.30. The van der Waals surface area contributed by atoms with E-state index in [1.54, 1.807) is 4.90 Å². The zero-order valence-electron chi connectivity index (χ0n) is 8.32. The topological polar surface area (TPSA) is 49.8 Å². The second-order valence-corrected chi connectivity index (χ2v) is 4.14. The summed E-state index contributed by atoms with van der Waals surface area (Å²) in [6.07, 6.45) is 2.32. The van der Waals surface area contributed by atoms with E-state index in [0.717, 1.165) is 25.9 Å². The molecule has 0 aliphatic carbocycles. The molecule has 0 bridgehead atoms. The first kappa shape index (κ1) is 9.93. The summed E-state index contributed by atoms with van der Waals surface area (Å²) in [6, 6.07) is 0. The van der Waals surface area contributed by atoms with Crippen LogP contribution in [0.4, 0.5) is 0 Å². The SMILES string of the molecule is O=C(C1CCCOC1)N1CC[C@H](O)C1. The number of β-amino-alcohol motifs (C(OH)–C–C–N with tert-alkyl or cyclic N) is 1. The van der Waals surface area contributed by atoms with Crippen LogP contribution in [-0.2, 0) is 9.53 Å². The Morgan fingerprint density at radius 3 is 2.86 bits per heavy atom. The second kappa shape index (κ2) is 4.28. The Balaban J connectivity index is 1.87. The predicted molar refractivity (Wildman–Crippen MR) is 50.7 cm³/mol. The number of aliphatic hydroxyl groups excluding tert-OH is 1. The molecule has 2 heterocycles. The third kappa shape index (κ3) is 2.07. The molecular formula is C10H17NO3. The summed E-state index contributed by atoms with van der Waals surface area (Å²) in [7, 11) is 0. The fourth-order valence-electron chi connectivity index (χ4n) is 2.14. The lowest BCUT2D eigenvalue weighted by Crippen LogP contribution is -2.38. The first-order chi connectivity index (χ1) is 6.77. The lowest BCUT2D eigenvalue weighted by Gasteiger charge is -2.26. The Morgan fingerprint density at radius 2 is 2.29 bits per heavy atom. The van der Waals surface area contributed by atoms with Crippen molar-refractivity contribution in [3.8, 4) is 0 Å². The van der Waals surface area contributed by atoms with Gasteiger partial charge < -0.3 is 14.7 Å². The quantitative estimate of drug-likeness (QED) is 0.647. The van der Waals surface area contributed by atoms with E-state index in [9.17, 15) is 9.90 Å². The number of nitrogens with zero attached hydrogens (tertiary/aromatic N) is 1. The molecule has 1 amide bonds. The third-order valence-corrected chi connectivity index (χ3v) is 2.98. The first-order valence-electron chi connectivity index (χ1n) is 5.32. The van der Waals surface area contributed by atoms with Crippen LogP contribution in [0.3, 0.4) is 0 Å². The van der Waals surface area contributed by atoms with Gasteiger partial charge in [-0.1, -0.05) is 0 Å². The van der Waals surface area contributed by atoms with Crippen LogP contribution in [0.15, 0.2) is 0 Å². The summed E-state index contributed by atoms with van der Waals surface area (Å²) in [5.41, 5.74) is 0. The minimum atomic E-state index is -0.316. The van der Waals surface area contributed by atoms with Gasteiger partial charge in [-0.2, -0.15) is 0 Å². The standard InChI is InChI=1S/C10H17NO3/c12-9-3-4-11(6-9)10(13)8-2-1-5-14-7-8/h8-9,12H,1-7H2/t8?,9-/m0/s1. The predicted octanol–water partition coefficient (Wildman–Crippen LogP) is 0.00620. The van der Waals surface area contributed by atoms with Crippen molar-refractivity contribution in [2.24, 2.45) is 5.92 Å². The van der Waals surface area contributed by atoms with Gasteiger partial charge in [-0.25, -0.2) is 0 Å². The lowest BCUT2D eigenvalue weighted by molar-refractivity contribution is -0.138. The minimum absolute atomic E-state index is 0.0362. The van der Waals surface area contributed by atoms with Gasteiger partial charge in [0.25, 0.3) is 0 Å². The molecule has 2 rings (SSSR count). The molecule has 0 radical (unpaired) electrons. The zero-order chi connectivity index (χ0) is 9.97. The van der Waals surface area contributed by atoms with Gasteiger partial charge in [-0.15, -0.1) is 0 Å². The molecule has 0 aromatic rings. The molecule has 0 aromatic carbocycles. The number of hydrogen-bond donors (Lipinski definition) is 1. The normalized spacial score (nSPS) is 33.4. The van der Waals surface area contributed by atoms with Crippen molar-refractivity contribution >= 4 is 5.91 Å². The molecule has 4 nitrogen and oxygen atoms in total. The molecule has 80 valence electrons. The van der Waals surface area contributed by atoms with E-state index in [1.807, 2.05) is 0 Å². The van der Waals surface area contributed by atoms with Crippen LogP contribution in [0, 0.1) is 5.92 Å². The van der Waals surface area contributed by atoms with Gasteiger partial charge in [0.05, 0.1) is 18.6 Å². The maximum atomic E-state index is 11.9. The van der Waals surface area contributed by atoms with E-state index in [0.29, 0.717) is 19.7 Å². The summed E-state index contributed by atoms with van der Waals surface area (Å²) in [6.45, 7) is 2.56. The smallest absolute Gasteiger partial charge is 0.228 e. The second-order valence-electron chi connectivity index (χ2n) is 4.14. The number of hydrogen-bond acceptors (Lipinski definition) is 3. The largest absolute Gasteiger partial charge is 0.391 e. The third-order valence-electron chi connectivity index (χ3n) is 2.98. The van der Waals surface area contributed by atoms with E-state index in [-0.39, 0.29) is 17.9 Å². The highest BCUT2D eigenvalue weighted by Crippen LogP contribution is 2.19. The summed E-state index contributed by atoms with van der Waals surface area (Å²) < 4.78 is 5.28. The van der Waals surface area contributed by atoms with Gasteiger partial charge in [0.2, 0.25) is 5.91 Å². The van der Waals surface area contributed by atoms with Gasteiger partial charge in [0, 0.05) is 19.7 Å². The molecule has 1 unspecified atom stereocenters. The van der Waals surface area contributed by atoms with Crippen molar-refractivity contribution in [2.75, 3.05) is 26.3 Å². The number of ether oxygens (including phenoxy) is 1. The highest BCUT2D eigenvalue weighted by atomic mass is 16.5. The van der Waals surface area contributed by atoms with E-state index < -0.39 is 0 Å². The summed E-state index contributed by atoms with van der Waals surface area (Å²) in [4.78, 5) is 13.6. The summed E-state index contributed by atoms with van der Waals surface area (Å²) in [5, 5.41) is 9.32. The van der Waals surface area contributed by atoms with Crippen molar-refractivity contribution < 1.29 is 14.6 Å².